The highest BCUT2D eigenvalue weighted by Gasteiger charge is 2.40. The quantitative estimate of drug-likeness (QED) is 0.463. The lowest BCUT2D eigenvalue weighted by atomic mass is 9.85. The van der Waals surface area contributed by atoms with Crippen LogP contribution in [-0.2, 0) is 26.0 Å². The van der Waals surface area contributed by atoms with E-state index in [9.17, 15) is 18.0 Å². The van der Waals surface area contributed by atoms with Gasteiger partial charge in [0, 0.05) is 25.2 Å². The summed E-state index contributed by atoms with van der Waals surface area (Å²) in [5.74, 6) is -0.760. The average Bonchev–Trinajstić information content (AvgIpc) is 3.43. The predicted molar refractivity (Wildman–Crippen MR) is 151 cm³/mol. The minimum Gasteiger partial charge on any atom is -0.353 e. The molecule has 39 heavy (non-hydrogen) atoms. The Morgan fingerprint density at radius 2 is 1.82 bits per heavy atom. The van der Waals surface area contributed by atoms with Crippen LogP contribution in [0.4, 0.5) is 0 Å². The lowest BCUT2D eigenvalue weighted by Gasteiger charge is -2.34. The summed E-state index contributed by atoms with van der Waals surface area (Å²) in [5, 5.41) is 9.61. The smallest absolute Gasteiger partial charge is 0.243 e. The van der Waals surface area contributed by atoms with Gasteiger partial charge in [0.05, 0.1) is 17.4 Å². The van der Waals surface area contributed by atoms with Gasteiger partial charge in [-0.2, -0.15) is 4.31 Å². The molecule has 1 aliphatic heterocycles. The Kier molecular flexibility index (Phi) is 8.40. The number of fused-ring (bicyclic) bond motifs is 1. The van der Waals surface area contributed by atoms with Gasteiger partial charge < -0.3 is 16.0 Å². The number of benzene rings is 2. The summed E-state index contributed by atoms with van der Waals surface area (Å²) in [5.41, 5.74) is 4.58. The van der Waals surface area contributed by atoms with Crippen LogP contribution in [0.1, 0.15) is 86.2 Å². The van der Waals surface area contributed by atoms with Crippen molar-refractivity contribution < 1.29 is 18.0 Å². The fourth-order valence-corrected chi connectivity index (χ4v) is 7.83. The van der Waals surface area contributed by atoms with E-state index in [2.05, 4.69) is 41.1 Å². The van der Waals surface area contributed by atoms with Gasteiger partial charge in [-0.3, -0.25) is 9.59 Å². The molecule has 2 amide bonds. The number of carbonyl (C=O) groups excluding carboxylic acids is 2. The third-order valence-electron chi connectivity index (χ3n) is 8.45. The van der Waals surface area contributed by atoms with Gasteiger partial charge in [-0.15, -0.1) is 0 Å². The van der Waals surface area contributed by atoms with E-state index in [1.807, 2.05) is 6.92 Å². The molecule has 0 radical (unpaired) electrons. The van der Waals surface area contributed by atoms with Crippen molar-refractivity contribution in [2.75, 3.05) is 13.1 Å². The summed E-state index contributed by atoms with van der Waals surface area (Å²) in [6.45, 7) is 4.44. The zero-order chi connectivity index (χ0) is 27.6. The van der Waals surface area contributed by atoms with Crippen LogP contribution in [0.5, 0.6) is 0 Å². The minimum absolute atomic E-state index is 0.127. The Balaban J connectivity index is 1.27. The Morgan fingerprint density at radius 1 is 1.08 bits per heavy atom. The summed E-state index contributed by atoms with van der Waals surface area (Å²) in [4.78, 5) is 26.1. The fourth-order valence-electron chi connectivity index (χ4n) is 6.25. The topological polar surface area (TPSA) is 108 Å². The molecule has 1 heterocycles. The molecule has 0 aromatic heterocycles. The Hall–Kier alpha value is -2.75. The molecule has 2 aromatic carbocycles. The number of hydrogen-bond donors (Lipinski definition) is 3. The molecule has 0 bridgehead atoms. The second-order valence-electron chi connectivity index (χ2n) is 11.3. The number of amides is 2. The lowest BCUT2D eigenvalue weighted by Crippen LogP contribution is -2.58. The second-order valence-corrected chi connectivity index (χ2v) is 13.2. The maximum absolute atomic E-state index is 13.4. The summed E-state index contributed by atoms with van der Waals surface area (Å²) in [7, 11) is -3.92. The Morgan fingerprint density at radius 3 is 2.56 bits per heavy atom. The molecule has 9 heteroatoms. The van der Waals surface area contributed by atoms with Gasteiger partial charge in [0.15, 0.2) is 0 Å². The minimum atomic E-state index is -3.92. The van der Waals surface area contributed by atoms with E-state index in [4.69, 9.17) is 0 Å². The average molecular weight is 553 g/mol. The predicted octanol–water partition coefficient (Wildman–Crippen LogP) is 3.66. The van der Waals surface area contributed by atoms with Crippen LogP contribution < -0.4 is 16.0 Å². The summed E-state index contributed by atoms with van der Waals surface area (Å²) < 4.78 is 28.0. The Bertz CT molecular complexity index is 1300. The first kappa shape index (κ1) is 27.8. The molecular weight excluding hydrogens is 512 g/mol. The van der Waals surface area contributed by atoms with Gasteiger partial charge in [0.1, 0.15) is 6.04 Å². The van der Waals surface area contributed by atoms with Crippen molar-refractivity contribution in [2.24, 2.45) is 0 Å². The second kappa shape index (κ2) is 11.8. The molecule has 3 N–H and O–H groups in total. The van der Waals surface area contributed by atoms with E-state index in [1.165, 1.54) is 41.1 Å². The van der Waals surface area contributed by atoms with Crippen LogP contribution in [0, 0.1) is 6.92 Å². The highest BCUT2D eigenvalue weighted by atomic mass is 32.2. The van der Waals surface area contributed by atoms with Crippen LogP contribution in [0.3, 0.4) is 0 Å². The van der Waals surface area contributed by atoms with E-state index in [1.54, 1.807) is 24.3 Å². The highest BCUT2D eigenvalue weighted by Crippen LogP contribution is 2.33. The number of nitrogens with zero attached hydrogens (tertiary/aromatic N) is 1. The van der Waals surface area contributed by atoms with Gasteiger partial charge in [-0.25, -0.2) is 8.42 Å². The molecule has 2 aliphatic carbocycles. The zero-order valence-electron chi connectivity index (χ0n) is 22.9. The van der Waals surface area contributed by atoms with Gasteiger partial charge in [0.2, 0.25) is 21.8 Å². The largest absolute Gasteiger partial charge is 0.353 e. The van der Waals surface area contributed by atoms with Crippen LogP contribution >= 0.6 is 0 Å². The number of carbonyl (C=O) groups is 2. The van der Waals surface area contributed by atoms with E-state index < -0.39 is 22.0 Å². The van der Waals surface area contributed by atoms with Gasteiger partial charge in [-0.05, 0) is 74.8 Å². The normalized spacial score (nSPS) is 23.2. The molecular formula is C30H40N4O4S. The van der Waals surface area contributed by atoms with Crippen LogP contribution in [0.2, 0.25) is 0 Å². The number of aryl methyl sites for hydroxylation is 2. The number of piperazine rings is 1. The van der Waals surface area contributed by atoms with E-state index >= 15 is 0 Å². The third kappa shape index (κ3) is 6.21. The highest BCUT2D eigenvalue weighted by molar-refractivity contribution is 7.89. The molecule has 1 saturated carbocycles. The molecule has 2 aromatic rings. The van der Waals surface area contributed by atoms with Crippen molar-refractivity contribution in [2.45, 2.75) is 94.3 Å². The molecule has 5 rings (SSSR count). The number of nitrogens with one attached hydrogen (secondary N) is 3. The first-order valence-corrected chi connectivity index (χ1v) is 15.7. The summed E-state index contributed by atoms with van der Waals surface area (Å²) in [6.07, 6.45) is 7.61. The van der Waals surface area contributed by atoms with Crippen LogP contribution in [0.25, 0.3) is 0 Å². The first-order chi connectivity index (χ1) is 18.7. The van der Waals surface area contributed by atoms with Crippen molar-refractivity contribution in [3.63, 3.8) is 0 Å². The number of rotatable bonds is 8. The molecule has 0 spiro atoms. The zero-order valence-corrected chi connectivity index (χ0v) is 23.7. The molecule has 1 saturated heterocycles. The Labute approximate surface area is 232 Å². The maximum atomic E-state index is 13.4. The standard InChI is InChI=1S/C30H40N4O4S/c1-20-10-13-25(14-11-20)39(37,38)34-17-16-31-30(36)28(34)19-29(35)33-27-9-5-6-23-18-22(12-15-26(23)27)21(2)32-24-7-3-4-8-24/h10-15,18,21,24,27-28,32H,3-9,16-17,19H2,1-2H3,(H,31,36)(H,33,35)/t21-,27-,28-/m1/s1. The molecule has 3 atom stereocenters. The molecule has 3 aliphatic rings. The van der Waals surface area contributed by atoms with Crippen molar-refractivity contribution in [1.82, 2.24) is 20.3 Å². The number of sulfonamides is 1. The van der Waals surface area contributed by atoms with E-state index in [0.717, 1.165) is 30.4 Å². The lowest BCUT2D eigenvalue weighted by molar-refractivity contribution is -0.132. The summed E-state index contributed by atoms with van der Waals surface area (Å²) in [6, 6.07) is 12.7. The summed E-state index contributed by atoms with van der Waals surface area (Å²) >= 11 is 0. The molecule has 210 valence electrons. The first-order valence-electron chi connectivity index (χ1n) is 14.3. The van der Waals surface area contributed by atoms with Gasteiger partial charge in [-0.1, -0.05) is 48.7 Å². The molecule has 0 unspecified atom stereocenters. The van der Waals surface area contributed by atoms with Gasteiger partial charge >= 0.3 is 0 Å². The van der Waals surface area contributed by atoms with E-state index in [0.29, 0.717) is 6.04 Å². The molecule has 2 fully saturated rings. The SMILES string of the molecule is Cc1ccc(S(=O)(=O)N2CCNC(=O)[C@H]2CC(=O)N[C@@H]2CCCc3cc([C@@H](C)NC4CCCC4)ccc32)cc1. The van der Waals surface area contributed by atoms with Crippen molar-refractivity contribution in [1.29, 1.82) is 0 Å². The maximum Gasteiger partial charge on any atom is 0.243 e. The number of hydrogen-bond acceptors (Lipinski definition) is 5. The van der Waals surface area contributed by atoms with Gasteiger partial charge in [0.25, 0.3) is 0 Å². The third-order valence-corrected chi connectivity index (χ3v) is 10.4. The monoisotopic (exact) mass is 552 g/mol. The van der Waals surface area contributed by atoms with E-state index in [-0.39, 0.29) is 42.4 Å². The fraction of sp³-hybridized carbons (Fsp3) is 0.533. The van der Waals surface area contributed by atoms with Crippen LogP contribution in [0.15, 0.2) is 47.4 Å². The van der Waals surface area contributed by atoms with Crippen molar-refractivity contribution >= 4 is 21.8 Å². The van der Waals surface area contributed by atoms with Crippen molar-refractivity contribution in [3.05, 3.63) is 64.7 Å². The molecule has 8 nitrogen and oxygen atoms in total. The van der Waals surface area contributed by atoms with Crippen LogP contribution in [-0.4, -0.2) is 49.7 Å². The van der Waals surface area contributed by atoms with Crippen molar-refractivity contribution in [3.8, 4) is 0 Å².